The van der Waals surface area contributed by atoms with Gasteiger partial charge in [0.1, 0.15) is 5.82 Å². The molecular formula is C14H21FN2O. The molecule has 0 bridgehead atoms. The Hall–Kier alpha value is -1.42. The van der Waals surface area contributed by atoms with Crippen LogP contribution in [0.15, 0.2) is 24.3 Å². The molecule has 1 aromatic rings. The lowest BCUT2D eigenvalue weighted by molar-refractivity contribution is -0.129. The van der Waals surface area contributed by atoms with Gasteiger partial charge in [0, 0.05) is 25.2 Å². The molecule has 3 nitrogen and oxygen atoms in total. The maximum absolute atomic E-state index is 13.4. The summed E-state index contributed by atoms with van der Waals surface area (Å²) in [5.41, 5.74) is 0.539. The Morgan fingerprint density at radius 3 is 2.72 bits per heavy atom. The molecule has 0 aliphatic carbocycles. The Morgan fingerprint density at radius 2 is 2.11 bits per heavy atom. The van der Waals surface area contributed by atoms with Crippen LogP contribution in [-0.4, -0.2) is 30.4 Å². The molecule has 0 saturated carbocycles. The van der Waals surface area contributed by atoms with Gasteiger partial charge in [-0.2, -0.15) is 0 Å². The van der Waals surface area contributed by atoms with E-state index in [4.69, 9.17) is 0 Å². The summed E-state index contributed by atoms with van der Waals surface area (Å²) in [5, 5.41) is 3.13. The van der Waals surface area contributed by atoms with Crippen molar-refractivity contribution in [2.75, 3.05) is 13.6 Å². The highest BCUT2D eigenvalue weighted by Crippen LogP contribution is 2.08. The number of carbonyl (C=O) groups excluding carboxylic acids is 1. The Kier molecular flexibility index (Phi) is 5.78. The molecule has 0 fully saturated rings. The zero-order valence-corrected chi connectivity index (χ0v) is 11.2. The van der Waals surface area contributed by atoms with Crippen LogP contribution in [0.25, 0.3) is 0 Å². The summed E-state index contributed by atoms with van der Waals surface area (Å²) in [6.45, 7) is 4.68. The van der Waals surface area contributed by atoms with Gasteiger partial charge in [-0.05, 0) is 19.4 Å². The first kappa shape index (κ1) is 14.6. The molecular weight excluding hydrogens is 231 g/mol. The minimum absolute atomic E-state index is 0.0291. The van der Waals surface area contributed by atoms with Crippen LogP contribution in [0, 0.1) is 5.82 Å². The normalized spacial score (nSPS) is 12.2. The highest BCUT2D eigenvalue weighted by atomic mass is 19.1. The Balaban J connectivity index is 2.47. The predicted octanol–water partition coefficient (Wildman–Crippen LogP) is 2.17. The van der Waals surface area contributed by atoms with Crippen molar-refractivity contribution in [3.63, 3.8) is 0 Å². The van der Waals surface area contributed by atoms with Crippen LogP contribution >= 0.6 is 0 Å². The zero-order chi connectivity index (χ0) is 13.5. The van der Waals surface area contributed by atoms with E-state index in [1.165, 1.54) is 11.0 Å². The Bertz CT molecular complexity index is 395. The molecule has 0 aliphatic rings. The third kappa shape index (κ3) is 4.45. The van der Waals surface area contributed by atoms with Crippen LogP contribution < -0.4 is 5.32 Å². The van der Waals surface area contributed by atoms with Crippen molar-refractivity contribution in [1.82, 2.24) is 10.2 Å². The van der Waals surface area contributed by atoms with Crippen LogP contribution in [0.5, 0.6) is 0 Å². The number of likely N-dealkylation sites (N-methyl/N-ethyl adjacent to an activating group) is 1. The molecule has 0 saturated heterocycles. The van der Waals surface area contributed by atoms with E-state index in [0.717, 1.165) is 6.42 Å². The molecule has 1 atom stereocenters. The van der Waals surface area contributed by atoms with Gasteiger partial charge in [0.15, 0.2) is 0 Å². The van der Waals surface area contributed by atoms with Gasteiger partial charge < -0.3 is 10.2 Å². The summed E-state index contributed by atoms with van der Waals surface area (Å²) >= 11 is 0. The number of benzene rings is 1. The minimum Gasteiger partial charge on any atom is -0.340 e. The molecule has 0 aliphatic heterocycles. The molecule has 4 heteroatoms. The molecule has 18 heavy (non-hydrogen) atoms. The number of carbonyl (C=O) groups is 1. The van der Waals surface area contributed by atoms with Crippen LogP contribution in [0.3, 0.4) is 0 Å². The van der Waals surface area contributed by atoms with Gasteiger partial charge in [-0.1, -0.05) is 25.1 Å². The minimum atomic E-state index is -0.271. The quantitative estimate of drug-likeness (QED) is 0.841. The van der Waals surface area contributed by atoms with Crippen LogP contribution in [0.1, 0.15) is 25.8 Å². The van der Waals surface area contributed by atoms with Crippen molar-refractivity contribution in [3.8, 4) is 0 Å². The van der Waals surface area contributed by atoms with Gasteiger partial charge in [0.2, 0.25) is 5.91 Å². The highest BCUT2D eigenvalue weighted by Gasteiger charge is 2.11. The summed E-state index contributed by atoms with van der Waals surface area (Å²) in [6.07, 6.45) is 0.976. The third-order valence-electron chi connectivity index (χ3n) is 3.01. The average molecular weight is 252 g/mol. The average Bonchev–Trinajstić information content (AvgIpc) is 2.38. The lowest BCUT2D eigenvalue weighted by Crippen LogP contribution is -2.38. The number of nitrogens with one attached hydrogen (secondary N) is 1. The first-order valence-electron chi connectivity index (χ1n) is 6.25. The fourth-order valence-electron chi connectivity index (χ4n) is 1.51. The Labute approximate surface area is 108 Å². The van der Waals surface area contributed by atoms with E-state index in [9.17, 15) is 9.18 Å². The molecule has 100 valence electrons. The molecule has 1 rings (SSSR count). The molecule has 0 radical (unpaired) electrons. The van der Waals surface area contributed by atoms with Gasteiger partial charge in [-0.15, -0.1) is 0 Å². The second kappa shape index (κ2) is 7.11. The van der Waals surface area contributed by atoms with E-state index in [-0.39, 0.29) is 11.7 Å². The maximum atomic E-state index is 13.4. The van der Waals surface area contributed by atoms with E-state index in [1.807, 2.05) is 6.92 Å². The van der Waals surface area contributed by atoms with Gasteiger partial charge in [-0.25, -0.2) is 4.39 Å². The lowest BCUT2D eigenvalue weighted by atomic mass is 10.2. The van der Waals surface area contributed by atoms with Crippen molar-refractivity contribution in [2.45, 2.75) is 32.9 Å². The summed E-state index contributed by atoms with van der Waals surface area (Å²) < 4.78 is 13.4. The van der Waals surface area contributed by atoms with Gasteiger partial charge in [-0.3, -0.25) is 4.79 Å². The number of nitrogens with zero attached hydrogens (tertiary/aromatic N) is 1. The number of halogens is 1. The van der Waals surface area contributed by atoms with E-state index >= 15 is 0 Å². The predicted molar refractivity (Wildman–Crippen MR) is 70.6 cm³/mol. The number of hydrogen-bond acceptors (Lipinski definition) is 2. The van der Waals surface area contributed by atoms with Crippen LogP contribution in [0.4, 0.5) is 4.39 Å². The van der Waals surface area contributed by atoms with E-state index in [1.54, 1.807) is 25.2 Å². The van der Waals surface area contributed by atoms with Crippen molar-refractivity contribution >= 4 is 5.91 Å². The number of amides is 1. The number of rotatable bonds is 6. The summed E-state index contributed by atoms with van der Waals surface area (Å²) in [4.78, 5) is 13.4. The molecule has 1 N–H and O–H groups in total. The number of hydrogen-bond donors (Lipinski definition) is 1. The molecule has 0 heterocycles. The molecule has 1 amide bonds. The van der Waals surface area contributed by atoms with Crippen molar-refractivity contribution in [2.24, 2.45) is 0 Å². The van der Waals surface area contributed by atoms with Crippen LogP contribution in [-0.2, 0) is 11.3 Å². The summed E-state index contributed by atoms with van der Waals surface area (Å²) in [7, 11) is 1.69. The third-order valence-corrected chi connectivity index (χ3v) is 3.01. The van der Waals surface area contributed by atoms with E-state index in [2.05, 4.69) is 12.2 Å². The maximum Gasteiger partial charge on any atom is 0.236 e. The van der Waals surface area contributed by atoms with E-state index < -0.39 is 0 Å². The standard InChI is InChI=1S/C14H21FN2O/c1-4-11(2)16-9-14(18)17(3)10-12-7-5-6-8-13(12)15/h5-8,11,16H,4,9-10H2,1-3H3. The second-order valence-electron chi connectivity index (χ2n) is 4.53. The van der Waals surface area contributed by atoms with Gasteiger partial charge in [0.25, 0.3) is 0 Å². The fourth-order valence-corrected chi connectivity index (χ4v) is 1.51. The Morgan fingerprint density at radius 1 is 1.44 bits per heavy atom. The first-order valence-corrected chi connectivity index (χ1v) is 6.25. The first-order chi connectivity index (χ1) is 8.54. The zero-order valence-electron chi connectivity index (χ0n) is 11.2. The van der Waals surface area contributed by atoms with Crippen molar-refractivity contribution < 1.29 is 9.18 Å². The molecule has 0 spiro atoms. The monoisotopic (exact) mass is 252 g/mol. The smallest absolute Gasteiger partial charge is 0.236 e. The highest BCUT2D eigenvalue weighted by molar-refractivity contribution is 5.78. The van der Waals surface area contributed by atoms with Gasteiger partial charge in [0.05, 0.1) is 6.54 Å². The van der Waals surface area contributed by atoms with Gasteiger partial charge >= 0.3 is 0 Å². The summed E-state index contributed by atoms with van der Waals surface area (Å²) in [6, 6.07) is 6.83. The van der Waals surface area contributed by atoms with Crippen LogP contribution in [0.2, 0.25) is 0 Å². The van der Waals surface area contributed by atoms with E-state index in [0.29, 0.717) is 24.7 Å². The summed E-state index contributed by atoms with van der Waals surface area (Å²) in [5.74, 6) is -0.300. The van der Waals surface area contributed by atoms with Crippen molar-refractivity contribution in [1.29, 1.82) is 0 Å². The largest absolute Gasteiger partial charge is 0.340 e. The topological polar surface area (TPSA) is 32.3 Å². The second-order valence-corrected chi connectivity index (χ2v) is 4.53. The molecule has 1 aromatic carbocycles. The molecule has 0 aromatic heterocycles. The van der Waals surface area contributed by atoms with Crippen molar-refractivity contribution in [3.05, 3.63) is 35.6 Å². The SMILES string of the molecule is CCC(C)NCC(=O)N(C)Cc1ccccc1F. The lowest BCUT2D eigenvalue weighted by Gasteiger charge is -2.19. The molecule has 1 unspecified atom stereocenters. The fraction of sp³-hybridized carbons (Fsp3) is 0.500.